The van der Waals surface area contributed by atoms with Gasteiger partial charge in [-0.3, -0.25) is 0 Å². The molecule has 0 aromatic heterocycles. The van der Waals surface area contributed by atoms with Gasteiger partial charge in [-0.25, -0.2) is 0 Å². The summed E-state index contributed by atoms with van der Waals surface area (Å²) in [4.78, 5) is 4.86. The number of hydrogen-bond acceptors (Lipinski definition) is 3. The molecule has 236 valence electrons. The Labute approximate surface area is 287 Å². The van der Waals surface area contributed by atoms with Crippen LogP contribution in [0.15, 0.2) is 146 Å². The number of anilines is 6. The first-order valence-corrected chi connectivity index (χ1v) is 17.2. The van der Waals surface area contributed by atoms with Crippen molar-refractivity contribution in [2.24, 2.45) is 0 Å². The van der Waals surface area contributed by atoms with Crippen LogP contribution in [0.5, 0.6) is 11.5 Å². The van der Waals surface area contributed by atoms with Crippen LogP contribution in [0, 0.1) is 0 Å². The quantitative estimate of drug-likeness (QED) is 0.193. The molecule has 49 heavy (non-hydrogen) atoms. The number of fused-ring (bicyclic) bond motifs is 9. The third-order valence-electron chi connectivity index (χ3n) is 11.2. The Morgan fingerprint density at radius 1 is 0.469 bits per heavy atom. The number of nitrogens with zero attached hydrogens (tertiary/aromatic N) is 2. The highest BCUT2D eigenvalue weighted by Crippen LogP contribution is 2.62. The molecule has 0 saturated carbocycles. The highest BCUT2D eigenvalue weighted by Gasteiger charge is 2.43. The lowest BCUT2D eigenvalue weighted by molar-refractivity contribution is 0.472. The topological polar surface area (TPSA) is 15.7 Å². The molecule has 10 rings (SSSR count). The summed E-state index contributed by atoms with van der Waals surface area (Å²) in [6.07, 6.45) is 0. The molecule has 0 fully saturated rings. The van der Waals surface area contributed by atoms with E-state index in [2.05, 4.69) is 183 Å². The molecule has 3 aliphatic rings. The Hall–Kier alpha value is -5.80. The second kappa shape index (κ2) is 9.87. The molecule has 3 nitrogen and oxygen atoms in total. The van der Waals surface area contributed by atoms with Crippen LogP contribution >= 0.6 is 0 Å². The Morgan fingerprint density at radius 2 is 1.14 bits per heavy atom. The molecule has 0 spiro atoms. The molecule has 7 aromatic rings. The summed E-state index contributed by atoms with van der Waals surface area (Å²) in [5.41, 5.74) is 14.3. The molecule has 0 radical (unpaired) electrons. The average Bonchev–Trinajstić information content (AvgIpc) is 3.36. The van der Waals surface area contributed by atoms with E-state index in [1.54, 1.807) is 0 Å². The predicted octanol–water partition coefficient (Wildman–Crippen LogP) is 12.8. The lowest BCUT2D eigenvalue weighted by Crippen LogP contribution is -2.32. The van der Waals surface area contributed by atoms with Crippen molar-refractivity contribution in [3.63, 3.8) is 0 Å². The molecule has 0 atom stereocenters. The Balaban J connectivity index is 1.23. The molecule has 0 unspecified atom stereocenters. The zero-order valence-electron chi connectivity index (χ0n) is 28.2. The summed E-state index contributed by atoms with van der Waals surface area (Å²) in [5.74, 6) is 1.74. The molecular weight excluding hydrogens is 597 g/mol. The van der Waals surface area contributed by atoms with Crippen LogP contribution < -0.4 is 14.5 Å². The van der Waals surface area contributed by atoms with Crippen LogP contribution in [0.3, 0.4) is 0 Å². The van der Waals surface area contributed by atoms with Gasteiger partial charge >= 0.3 is 0 Å². The van der Waals surface area contributed by atoms with Crippen LogP contribution in [0.2, 0.25) is 0 Å². The van der Waals surface area contributed by atoms with Gasteiger partial charge in [-0.1, -0.05) is 125 Å². The van der Waals surface area contributed by atoms with Crippen molar-refractivity contribution in [3.8, 4) is 22.6 Å². The molecule has 0 N–H and O–H groups in total. The molecular formula is C46H36N2O. The minimum absolute atomic E-state index is 0.103. The first-order valence-electron chi connectivity index (χ1n) is 17.2. The van der Waals surface area contributed by atoms with Gasteiger partial charge in [0.15, 0.2) is 11.5 Å². The van der Waals surface area contributed by atoms with Crippen molar-refractivity contribution in [1.82, 2.24) is 0 Å². The third-order valence-corrected chi connectivity index (χ3v) is 11.2. The van der Waals surface area contributed by atoms with Crippen molar-refractivity contribution in [3.05, 3.63) is 168 Å². The fourth-order valence-electron chi connectivity index (χ4n) is 8.72. The van der Waals surface area contributed by atoms with Crippen LogP contribution in [0.25, 0.3) is 21.9 Å². The Kier molecular flexibility index (Phi) is 5.69. The van der Waals surface area contributed by atoms with E-state index in [1.165, 1.54) is 49.8 Å². The lowest BCUT2D eigenvalue weighted by atomic mass is 9.72. The largest absolute Gasteiger partial charge is 0.453 e. The standard InChI is InChI=1S/C46H36N2O/c1-45(2)36-19-11-10-18-34(36)35-24-23-31(26-38(35)45)47(30-15-6-5-7-16-30)32-27-39-44-42(28-32)49-41-25-22-29-14-8-9-17-33(29)43(41)48(44)40-21-13-12-20-37(40)46(39,3)4/h5-28H,1-4H3. The fourth-order valence-corrected chi connectivity index (χ4v) is 8.72. The minimum Gasteiger partial charge on any atom is -0.453 e. The Morgan fingerprint density at radius 3 is 2.00 bits per heavy atom. The molecule has 2 aliphatic heterocycles. The average molecular weight is 633 g/mol. The zero-order chi connectivity index (χ0) is 33.1. The number of rotatable bonds is 3. The highest BCUT2D eigenvalue weighted by atomic mass is 16.5. The second-order valence-corrected chi connectivity index (χ2v) is 14.6. The zero-order valence-corrected chi connectivity index (χ0v) is 28.2. The number of hydrogen-bond donors (Lipinski definition) is 0. The van der Waals surface area contributed by atoms with Gasteiger partial charge in [0.05, 0.1) is 22.7 Å². The van der Waals surface area contributed by atoms with Gasteiger partial charge in [-0.15, -0.1) is 0 Å². The van der Waals surface area contributed by atoms with Crippen LogP contribution in [0.4, 0.5) is 34.1 Å². The van der Waals surface area contributed by atoms with E-state index in [0.717, 1.165) is 39.9 Å². The van der Waals surface area contributed by atoms with Gasteiger partial charge in [0.25, 0.3) is 0 Å². The van der Waals surface area contributed by atoms with E-state index in [-0.39, 0.29) is 10.8 Å². The summed E-state index contributed by atoms with van der Waals surface area (Å²) in [7, 11) is 0. The first-order chi connectivity index (χ1) is 23.8. The predicted molar refractivity (Wildman–Crippen MR) is 203 cm³/mol. The summed E-state index contributed by atoms with van der Waals surface area (Å²) in [6.45, 7) is 9.40. The molecule has 2 heterocycles. The smallest absolute Gasteiger partial charge is 0.153 e. The summed E-state index contributed by atoms with van der Waals surface area (Å²) >= 11 is 0. The summed E-state index contributed by atoms with van der Waals surface area (Å²) in [5, 5.41) is 2.38. The van der Waals surface area contributed by atoms with Gasteiger partial charge < -0.3 is 14.5 Å². The van der Waals surface area contributed by atoms with Crippen LogP contribution in [-0.4, -0.2) is 0 Å². The van der Waals surface area contributed by atoms with E-state index in [1.807, 2.05) is 0 Å². The second-order valence-electron chi connectivity index (χ2n) is 14.6. The molecule has 3 heteroatoms. The van der Waals surface area contributed by atoms with Crippen molar-refractivity contribution in [2.75, 3.05) is 9.80 Å². The van der Waals surface area contributed by atoms with Crippen LogP contribution in [0.1, 0.15) is 49.9 Å². The van der Waals surface area contributed by atoms with Crippen molar-refractivity contribution >= 4 is 44.9 Å². The van der Waals surface area contributed by atoms with Crippen LogP contribution in [-0.2, 0) is 10.8 Å². The van der Waals surface area contributed by atoms with E-state index in [4.69, 9.17) is 4.74 Å². The maximum Gasteiger partial charge on any atom is 0.153 e. The normalized spacial score (nSPS) is 15.4. The lowest BCUT2D eigenvalue weighted by Gasteiger charge is -2.45. The number of benzene rings is 7. The number of para-hydroxylation sites is 2. The van der Waals surface area contributed by atoms with E-state index >= 15 is 0 Å². The van der Waals surface area contributed by atoms with E-state index in [9.17, 15) is 0 Å². The third kappa shape index (κ3) is 3.84. The molecule has 1 aliphatic carbocycles. The molecule has 0 saturated heterocycles. The summed E-state index contributed by atoms with van der Waals surface area (Å²) < 4.78 is 6.98. The first kappa shape index (κ1) is 28.2. The maximum absolute atomic E-state index is 6.98. The van der Waals surface area contributed by atoms with Gasteiger partial charge in [-0.05, 0) is 81.2 Å². The van der Waals surface area contributed by atoms with Crippen molar-refractivity contribution < 1.29 is 4.74 Å². The monoisotopic (exact) mass is 632 g/mol. The SMILES string of the molecule is CC1(C)c2ccccc2-c2ccc(N(c3ccccc3)c3cc4c5c(c3)C(C)(C)c3ccccc3N5c3c(ccc5ccccc35)O4)cc21. The van der Waals surface area contributed by atoms with Gasteiger partial charge in [-0.2, -0.15) is 0 Å². The molecule has 0 amide bonds. The Bertz CT molecular complexity index is 2490. The number of ether oxygens (including phenoxy) is 1. The molecule has 0 bridgehead atoms. The minimum atomic E-state index is -0.275. The van der Waals surface area contributed by atoms with Gasteiger partial charge in [0.1, 0.15) is 0 Å². The highest BCUT2D eigenvalue weighted by molar-refractivity contribution is 6.06. The van der Waals surface area contributed by atoms with Gasteiger partial charge in [0.2, 0.25) is 0 Å². The van der Waals surface area contributed by atoms with Gasteiger partial charge in [0, 0.05) is 33.7 Å². The van der Waals surface area contributed by atoms with Crippen molar-refractivity contribution in [1.29, 1.82) is 0 Å². The van der Waals surface area contributed by atoms with E-state index < -0.39 is 0 Å². The van der Waals surface area contributed by atoms with Crippen molar-refractivity contribution in [2.45, 2.75) is 38.5 Å². The fraction of sp³-hybridized carbons (Fsp3) is 0.130. The maximum atomic E-state index is 6.98. The molecule has 7 aromatic carbocycles. The summed E-state index contributed by atoms with van der Waals surface area (Å²) in [6, 6.07) is 53.0. The van der Waals surface area contributed by atoms with E-state index in [0.29, 0.717) is 0 Å².